The van der Waals surface area contributed by atoms with E-state index in [4.69, 9.17) is 15.3 Å². The van der Waals surface area contributed by atoms with Gasteiger partial charge < -0.3 is 25.2 Å². The van der Waals surface area contributed by atoms with Gasteiger partial charge in [0.1, 0.15) is 6.10 Å². The molecule has 0 fully saturated rings. The standard InChI is InChI=1S/C8H16O2.C3H8O3.Na/c1-2-3-4-5-6-7-8(9)10;4-1-3(6)2-5;/h2-7H2,1H3,(H,9,10);3-6H,1-2H2;/q;;+1/p-1. The van der Waals surface area contributed by atoms with Crippen molar-refractivity contribution in [2.24, 2.45) is 0 Å². The fourth-order valence-electron chi connectivity index (χ4n) is 0.931. The second-order valence-electron chi connectivity index (χ2n) is 3.56. The van der Waals surface area contributed by atoms with Crippen LogP contribution >= 0.6 is 0 Å². The van der Waals surface area contributed by atoms with Gasteiger partial charge in [0.25, 0.3) is 0 Å². The molecule has 0 heterocycles. The Hall–Kier alpha value is 0.350. The van der Waals surface area contributed by atoms with Crippen LogP contribution in [-0.4, -0.2) is 40.6 Å². The van der Waals surface area contributed by atoms with Crippen molar-refractivity contribution in [2.45, 2.75) is 51.6 Å². The molecule has 0 aromatic heterocycles. The monoisotopic (exact) mass is 258 g/mol. The summed E-state index contributed by atoms with van der Waals surface area (Å²) < 4.78 is 0. The number of hydrogen-bond acceptors (Lipinski definition) is 5. The molecule has 0 amide bonds. The molecule has 0 saturated carbocycles. The van der Waals surface area contributed by atoms with Crippen LogP contribution in [0.15, 0.2) is 0 Å². The summed E-state index contributed by atoms with van der Waals surface area (Å²) in [6.07, 6.45) is 4.65. The molecule has 0 bridgehead atoms. The van der Waals surface area contributed by atoms with E-state index in [2.05, 4.69) is 6.92 Å². The summed E-state index contributed by atoms with van der Waals surface area (Å²) >= 11 is 0. The Morgan fingerprint density at radius 3 is 1.88 bits per heavy atom. The molecule has 0 aromatic carbocycles. The molecule has 0 rings (SSSR count). The second-order valence-corrected chi connectivity index (χ2v) is 3.56. The third kappa shape index (κ3) is 26.1. The average Bonchev–Trinajstić information content (AvgIpc) is 2.28. The van der Waals surface area contributed by atoms with Gasteiger partial charge in [-0.15, -0.1) is 0 Å². The first-order valence-corrected chi connectivity index (χ1v) is 5.68. The van der Waals surface area contributed by atoms with Gasteiger partial charge in [-0.2, -0.15) is 0 Å². The molecule has 0 unspecified atom stereocenters. The van der Waals surface area contributed by atoms with Gasteiger partial charge in [0.05, 0.1) is 13.2 Å². The van der Waals surface area contributed by atoms with E-state index < -0.39 is 12.1 Å². The van der Waals surface area contributed by atoms with Crippen LogP contribution in [-0.2, 0) is 4.79 Å². The van der Waals surface area contributed by atoms with Crippen molar-refractivity contribution in [3.8, 4) is 0 Å². The summed E-state index contributed by atoms with van der Waals surface area (Å²) in [6, 6.07) is 0. The Labute approximate surface area is 125 Å². The van der Waals surface area contributed by atoms with Crippen molar-refractivity contribution in [2.75, 3.05) is 13.2 Å². The minimum Gasteiger partial charge on any atom is -0.550 e. The zero-order valence-electron chi connectivity index (χ0n) is 10.9. The van der Waals surface area contributed by atoms with Gasteiger partial charge in [0, 0.05) is 5.97 Å². The van der Waals surface area contributed by atoms with E-state index in [0.29, 0.717) is 0 Å². The molecule has 0 aliphatic carbocycles. The van der Waals surface area contributed by atoms with Crippen LogP contribution < -0.4 is 34.7 Å². The van der Waals surface area contributed by atoms with E-state index in [1.807, 2.05) is 0 Å². The van der Waals surface area contributed by atoms with Crippen molar-refractivity contribution in [1.29, 1.82) is 0 Å². The van der Waals surface area contributed by atoms with Crippen molar-refractivity contribution >= 4 is 5.97 Å². The van der Waals surface area contributed by atoms with Crippen LogP contribution in [0, 0.1) is 0 Å². The molecule has 0 aromatic rings. The van der Waals surface area contributed by atoms with Crippen molar-refractivity contribution in [3.05, 3.63) is 0 Å². The minimum atomic E-state index is -0.954. The zero-order valence-corrected chi connectivity index (χ0v) is 12.9. The zero-order chi connectivity index (χ0) is 12.8. The normalized spacial score (nSPS) is 9.24. The molecule has 0 saturated heterocycles. The second kappa shape index (κ2) is 18.7. The molecule has 6 heteroatoms. The Morgan fingerprint density at radius 2 is 1.59 bits per heavy atom. The SMILES string of the molecule is CCCCCCCC(=O)[O-].OCC(O)CO.[Na+]. The maximum absolute atomic E-state index is 9.92. The van der Waals surface area contributed by atoms with Gasteiger partial charge in [-0.1, -0.05) is 32.6 Å². The number of aliphatic hydroxyl groups is 3. The number of unbranched alkanes of at least 4 members (excludes halogenated alkanes) is 4. The molecule has 0 aliphatic heterocycles. The molecule has 3 N–H and O–H groups in total. The molecule has 98 valence electrons. The summed E-state index contributed by atoms with van der Waals surface area (Å²) in [4.78, 5) is 9.92. The van der Waals surface area contributed by atoms with E-state index >= 15 is 0 Å². The van der Waals surface area contributed by atoms with E-state index in [-0.39, 0.29) is 49.2 Å². The van der Waals surface area contributed by atoms with E-state index in [0.717, 1.165) is 19.3 Å². The van der Waals surface area contributed by atoms with Gasteiger partial charge in [-0.3, -0.25) is 0 Å². The third-order valence-electron chi connectivity index (χ3n) is 1.91. The van der Waals surface area contributed by atoms with Crippen LogP contribution in [0.4, 0.5) is 0 Å². The maximum atomic E-state index is 9.92. The van der Waals surface area contributed by atoms with Crippen LogP contribution in [0.1, 0.15) is 45.4 Å². The van der Waals surface area contributed by atoms with Gasteiger partial charge in [-0.05, 0) is 12.8 Å². The molecule has 17 heavy (non-hydrogen) atoms. The molecule has 0 atom stereocenters. The molecule has 0 aliphatic rings. The summed E-state index contributed by atoms with van der Waals surface area (Å²) in [5, 5.41) is 33.9. The predicted octanol–water partition coefficient (Wildman–Crippen LogP) is -3.57. The number of carboxylic acids is 1. The number of rotatable bonds is 8. The predicted molar refractivity (Wildman–Crippen MR) is 58.6 cm³/mol. The number of aliphatic carboxylic acids is 1. The Kier molecular flexibility index (Phi) is 24.8. The largest absolute Gasteiger partial charge is 1.00 e. The molecule has 0 spiro atoms. The number of carbonyl (C=O) groups excluding carboxylic acids is 1. The number of carboxylic acid groups (broad SMARTS) is 1. The van der Waals surface area contributed by atoms with Crippen LogP contribution in [0.25, 0.3) is 0 Å². The van der Waals surface area contributed by atoms with Crippen LogP contribution in [0.3, 0.4) is 0 Å². The molecule has 5 nitrogen and oxygen atoms in total. The Bertz CT molecular complexity index is 151. The van der Waals surface area contributed by atoms with Crippen LogP contribution in [0.2, 0.25) is 0 Å². The van der Waals surface area contributed by atoms with Gasteiger partial charge in [0.2, 0.25) is 0 Å². The quantitative estimate of drug-likeness (QED) is 0.309. The first kappa shape index (κ1) is 22.5. The first-order valence-electron chi connectivity index (χ1n) is 5.68. The molecular weight excluding hydrogens is 235 g/mol. The fourth-order valence-corrected chi connectivity index (χ4v) is 0.931. The fraction of sp³-hybridized carbons (Fsp3) is 0.909. The third-order valence-corrected chi connectivity index (χ3v) is 1.91. The molecular formula is C11H23NaO5. The topological polar surface area (TPSA) is 101 Å². The number of hydrogen-bond donors (Lipinski definition) is 3. The van der Waals surface area contributed by atoms with Gasteiger partial charge >= 0.3 is 29.6 Å². The van der Waals surface area contributed by atoms with Gasteiger partial charge in [-0.25, -0.2) is 0 Å². The first-order chi connectivity index (χ1) is 7.58. The summed E-state index contributed by atoms with van der Waals surface area (Å²) in [7, 11) is 0. The van der Waals surface area contributed by atoms with E-state index in [1.54, 1.807) is 0 Å². The Morgan fingerprint density at radius 1 is 1.12 bits per heavy atom. The van der Waals surface area contributed by atoms with Gasteiger partial charge in [0.15, 0.2) is 0 Å². The number of carbonyl (C=O) groups is 1. The van der Waals surface area contributed by atoms with Crippen molar-refractivity contribution < 1.29 is 54.8 Å². The smallest absolute Gasteiger partial charge is 0.550 e. The van der Waals surface area contributed by atoms with E-state index in [1.165, 1.54) is 12.8 Å². The Balaban J connectivity index is -0.000000244. The van der Waals surface area contributed by atoms with Crippen molar-refractivity contribution in [3.63, 3.8) is 0 Å². The minimum absolute atomic E-state index is 0. The summed E-state index contributed by atoms with van der Waals surface area (Å²) in [5.74, 6) is -0.920. The van der Waals surface area contributed by atoms with Crippen LogP contribution in [0.5, 0.6) is 0 Å². The maximum Gasteiger partial charge on any atom is 1.00 e. The van der Waals surface area contributed by atoms with Crippen molar-refractivity contribution in [1.82, 2.24) is 0 Å². The summed E-state index contributed by atoms with van der Waals surface area (Å²) in [5.41, 5.74) is 0. The average molecular weight is 258 g/mol. The number of aliphatic hydroxyl groups excluding tert-OH is 3. The summed E-state index contributed by atoms with van der Waals surface area (Å²) in [6.45, 7) is 1.41. The molecule has 0 radical (unpaired) electrons. The van der Waals surface area contributed by atoms with E-state index in [9.17, 15) is 9.90 Å².